The van der Waals surface area contributed by atoms with E-state index in [-0.39, 0.29) is 17.1 Å². The molecular formula is C18H17NO6S. The predicted molar refractivity (Wildman–Crippen MR) is 93.3 cm³/mol. The topological polar surface area (TPSA) is 90.0 Å². The fraction of sp³-hybridized carbons (Fsp3) is 0.222. The van der Waals surface area contributed by atoms with Crippen molar-refractivity contribution in [3.8, 4) is 0 Å². The molecule has 1 fully saturated rings. The summed E-state index contributed by atoms with van der Waals surface area (Å²) in [7, 11) is -2.42. The Bertz CT molecular complexity index is 926. The monoisotopic (exact) mass is 375 g/mol. The van der Waals surface area contributed by atoms with E-state index in [1.165, 1.54) is 31.3 Å². The molecule has 0 aromatic heterocycles. The number of esters is 2. The number of anilines is 1. The molecule has 26 heavy (non-hydrogen) atoms. The Labute approximate surface area is 151 Å². The summed E-state index contributed by atoms with van der Waals surface area (Å²) in [4.78, 5) is 23.6. The largest absolute Gasteiger partial charge is 0.463 e. The molecule has 0 radical (unpaired) electrons. The minimum absolute atomic E-state index is 0.0484. The van der Waals surface area contributed by atoms with Crippen LogP contribution in [-0.2, 0) is 24.3 Å². The first-order valence-electron chi connectivity index (χ1n) is 7.91. The van der Waals surface area contributed by atoms with Gasteiger partial charge in [-0.05, 0) is 30.3 Å². The number of para-hydroxylation sites is 1. The Balaban J connectivity index is 1.84. The van der Waals surface area contributed by atoms with E-state index >= 15 is 0 Å². The molecule has 0 spiro atoms. The summed E-state index contributed by atoms with van der Waals surface area (Å²) in [6.45, 7) is 0.201. The second-order valence-electron chi connectivity index (χ2n) is 5.69. The average Bonchev–Trinajstić information content (AvgIpc) is 3.06. The number of rotatable bonds is 5. The number of benzene rings is 2. The highest BCUT2D eigenvalue weighted by molar-refractivity contribution is 7.92. The van der Waals surface area contributed by atoms with Gasteiger partial charge in [0.05, 0.1) is 22.8 Å². The fourth-order valence-corrected chi connectivity index (χ4v) is 3.74. The van der Waals surface area contributed by atoms with Crippen LogP contribution in [0.3, 0.4) is 0 Å². The lowest BCUT2D eigenvalue weighted by molar-refractivity contribution is -0.145. The third kappa shape index (κ3) is 3.55. The van der Waals surface area contributed by atoms with Crippen LogP contribution in [0.25, 0.3) is 0 Å². The molecule has 2 aromatic carbocycles. The summed E-state index contributed by atoms with van der Waals surface area (Å²) >= 11 is 0. The van der Waals surface area contributed by atoms with Crippen LogP contribution in [-0.4, -0.2) is 40.1 Å². The van der Waals surface area contributed by atoms with Gasteiger partial charge in [0, 0.05) is 13.5 Å². The smallest absolute Gasteiger partial charge is 0.347 e. The molecule has 8 heteroatoms. The molecular weight excluding hydrogens is 358 g/mol. The van der Waals surface area contributed by atoms with Gasteiger partial charge in [-0.2, -0.15) is 0 Å². The Morgan fingerprint density at radius 2 is 1.88 bits per heavy atom. The van der Waals surface area contributed by atoms with Gasteiger partial charge in [0.25, 0.3) is 10.0 Å². The van der Waals surface area contributed by atoms with Crippen LogP contribution in [0.5, 0.6) is 0 Å². The fourth-order valence-electron chi connectivity index (χ4n) is 2.50. The Kier molecular flexibility index (Phi) is 4.94. The number of cyclic esters (lactones) is 1. The summed E-state index contributed by atoms with van der Waals surface area (Å²) in [5.74, 6) is -1.36. The number of carbonyl (C=O) groups excluding carboxylic acids is 2. The molecule has 0 N–H and O–H groups in total. The van der Waals surface area contributed by atoms with Crippen molar-refractivity contribution in [1.29, 1.82) is 0 Å². The van der Waals surface area contributed by atoms with Crippen molar-refractivity contribution >= 4 is 27.6 Å². The molecule has 136 valence electrons. The van der Waals surface area contributed by atoms with Crippen molar-refractivity contribution < 1.29 is 27.5 Å². The van der Waals surface area contributed by atoms with Crippen molar-refractivity contribution in [2.45, 2.75) is 17.4 Å². The van der Waals surface area contributed by atoms with E-state index in [0.717, 1.165) is 4.31 Å². The number of sulfonamides is 1. The summed E-state index contributed by atoms with van der Waals surface area (Å²) in [5, 5.41) is 0. The second-order valence-corrected chi connectivity index (χ2v) is 7.66. The highest BCUT2D eigenvalue weighted by atomic mass is 32.2. The molecule has 0 saturated carbocycles. The van der Waals surface area contributed by atoms with Gasteiger partial charge in [-0.15, -0.1) is 0 Å². The molecule has 7 nitrogen and oxygen atoms in total. The van der Waals surface area contributed by atoms with Crippen LogP contribution in [0.1, 0.15) is 16.8 Å². The van der Waals surface area contributed by atoms with E-state index < -0.39 is 28.1 Å². The molecule has 1 atom stereocenters. The van der Waals surface area contributed by atoms with E-state index in [9.17, 15) is 18.0 Å². The van der Waals surface area contributed by atoms with Crippen molar-refractivity contribution in [3.63, 3.8) is 0 Å². The minimum atomic E-state index is -3.85. The summed E-state index contributed by atoms with van der Waals surface area (Å²) < 4.78 is 36.6. The van der Waals surface area contributed by atoms with Crippen LogP contribution in [0.15, 0.2) is 59.5 Å². The van der Waals surface area contributed by atoms with Gasteiger partial charge in [0.15, 0.2) is 0 Å². The second kappa shape index (κ2) is 7.17. The SMILES string of the molecule is CN(c1ccccc1)S(=O)(=O)c1cccc(C(=O)O[C@@H]2CCOC2=O)c1. The number of hydrogen-bond donors (Lipinski definition) is 0. The maximum absolute atomic E-state index is 12.8. The molecule has 0 unspecified atom stereocenters. The zero-order valence-corrected chi connectivity index (χ0v) is 14.8. The van der Waals surface area contributed by atoms with Crippen LogP contribution >= 0.6 is 0 Å². The maximum Gasteiger partial charge on any atom is 0.347 e. The Morgan fingerprint density at radius 1 is 1.15 bits per heavy atom. The van der Waals surface area contributed by atoms with Crippen LogP contribution in [0.2, 0.25) is 0 Å². The van der Waals surface area contributed by atoms with Crippen LogP contribution in [0.4, 0.5) is 5.69 Å². The van der Waals surface area contributed by atoms with Crippen molar-refractivity contribution in [1.82, 2.24) is 0 Å². The molecule has 3 rings (SSSR count). The van der Waals surface area contributed by atoms with E-state index in [0.29, 0.717) is 12.1 Å². The Morgan fingerprint density at radius 3 is 2.54 bits per heavy atom. The Hall–Kier alpha value is -2.87. The molecule has 1 aliphatic rings. The van der Waals surface area contributed by atoms with E-state index in [4.69, 9.17) is 9.47 Å². The van der Waals surface area contributed by atoms with Gasteiger partial charge in [-0.3, -0.25) is 4.31 Å². The van der Waals surface area contributed by atoms with Crippen molar-refractivity contribution in [3.05, 3.63) is 60.2 Å². The molecule has 0 bridgehead atoms. The molecule has 2 aromatic rings. The summed E-state index contributed by atoms with van der Waals surface area (Å²) in [6, 6.07) is 14.1. The molecule has 1 aliphatic heterocycles. The van der Waals surface area contributed by atoms with Gasteiger partial charge in [0.1, 0.15) is 0 Å². The van der Waals surface area contributed by atoms with Gasteiger partial charge in [0.2, 0.25) is 6.10 Å². The quantitative estimate of drug-likeness (QED) is 0.743. The average molecular weight is 375 g/mol. The summed E-state index contributed by atoms with van der Waals surface area (Å²) in [5.41, 5.74) is 0.543. The van der Waals surface area contributed by atoms with E-state index in [1.807, 2.05) is 0 Å². The first-order valence-corrected chi connectivity index (χ1v) is 9.35. The normalized spacial score (nSPS) is 16.8. The zero-order chi connectivity index (χ0) is 18.7. The van der Waals surface area contributed by atoms with E-state index in [1.54, 1.807) is 30.3 Å². The van der Waals surface area contributed by atoms with Gasteiger partial charge < -0.3 is 9.47 Å². The van der Waals surface area contributed by atoms with Gasteiger partial charge in [-0.1, -0.05) is 24.3 Å². The van der Waals surface area contributed by atoms with Gasteiger partial charge >= 0.3 is 11.9 Å². The first kappa shape index (κ1) is 17.9. The third-order valence-electron chi connectivity index (χ3n) is 3.98. The first-order chi connectivity index (χ1) is 12.4. The lowest BCUT2D eigenvalue weighted by atomic mass is 10.2. The number of ether oxygens (including phenoxy) is 2. The number of nitrogens with zero attached hydrogens (tertiary/aromatic N) is 1. The summed E-state index contributed by atoms with van der Waals surface area (Å²) in [6.07, 6.45) is -0.658. The highest BCUT2D eigenvalue weighted by Gasteiger charge is 2.31. The lowest BCUT2D eigenvalue weighted by Crippen LogP contribution is -2.27. The minimum Gasteiger partial charge on any atom is -0.463 e. The molecule has 1 saturated heterocycles. The highest BCUT2D eigenvalue weighted by Crippen LogP contribution is 2.23. The van der Waals surface area contributed by atoms with Crippen LogP contribution < -0.4 is 4.31 Å². The molecule has 0 amide bonds. The molecule has 1 heterocycles. The van der Waals surface area contributed by atoms with Crippen molar-refractivity contribution in [2.24, 2.45) is 0 Å². The number of carbonyl (C=O) groups is 2. The van der Waals surface area contributed by atoms with E-state index in [2.05, 4.69) is 0 Å². The standard InChI is InChI=1S/C18H17NO6S/c1-19(14-7-3-2-4-8-14)26(22,23)15-9-5-6-13(12-15)17(20)25-16-10-11-24-18(16)21/h2-9,12,16H,10-11H2,1H3/t16-/m1/s1. The third-order valence-corrected chi connectivity index (χ3v) is 5.77. The predicted octanol–water partition coefficient (Wildman–Crippen LogP) is 1.98. The maximum atomic E-state index is 12.8. The zero-order valence-electron chi connectivity index (χ0n) is 14.0. The lowest BCUT2D eigenvalue weighted by Gasteiger charge is -2.19. The molecule has 0 aliphatic carbocycles. The van der Waals surface area contributed by atoms with Crippen LogP contribution in [0, 0.1) is 0 Å². The van der Waals surface area contributed by atoms with Gasteiger partial charge in [-0.25, -0.2) is 18.0 Å². The number of hydrogen-bond acceptors (Lipinski definition) is 6. The van der Waals surface area contributed by atoms with Crippen molar-refractivity contribution in [2.75, 3.05) is 18.0 Å².